The van der Waals surface area contributed by atoms with Crippen LogP contribution >= 0.6 is 11.6 Å². The van der Waals surface area contributed by atoms with Gasteiger partial charge in [0.15, 0.2) is 0 Å². The van der Waals surface area contributed by atoms with E-state index in [-0.39, 0.29) is 21.9 Å². The van der Waals surface area contributed by atoms with Gasteiger partial charge in [0.05, 0.1) is 11.4 Å². The standard InChI is InChI=1S/C17H23ClN2O5S/c1-12(10-16(21)22)19-17(23)13-6-7-14(18)15(11-13)26(24,25)20-8-4-2-3-5-9-20/h6-7,11-12H,2-5,8-10H2,1H3,(H,19,23)(H,21,22)/t12-/m0/s1. The normalized spacial score (nSPS) is 17.3. The van der Waals surface area contributed by atoms with Crippen molar-refractivity contribution in [2.75, 3.05) is 13.1 Å². The highest BCUT2D eigenvalue weighted by Gasteiger charge is 2.28. The molecule has 1 saturated heterocycles. The first-order valence-electron chi connectivity index (χ1n) is 8.54. The second-order valence-corrected chi connectivity index (χ2v) is 8.75. The Morgan fingerprint density at radius 1 is 1.23 bits per heavy atom. The van der Waals surface area contributed by atoms with E-state index >= 15 is 0 Å². The highest BCUT2D eigenvalue weighted by Crippen LogP contribution is 2.27. The minimum atomic E-state index is -3.79. The molecule has 0 saturated carbocycles. The summed E-state index contributed by atoms with van der Waals surface area (Å²) in [6.07, 6.45) is 3.35. The van der Waals surface area contributed by atoms with Crippen LogP contribution in [0.2, 0.25) is 5.02 Å². The van der Waals surface area contributed by atoms with E-state index in [0.29, 0.717) is 13.1 Å². The molecule has 0 unspecified atom stereocenters. The van der Waals surface area contributed by atoms with Crippen molar-refractivity contribution < 1.29 is 23.1 Å². The summed E-state index contributed by atoms with van der Waals surface area (Å²) in [5.41, 5.74) is 0.125. The number of sulfonamides is 1. The second kappa shape index (κ2) is 8.83. The Morgan fingerprint density at radius 3 is 2.42 bits per heavy atom. The number of nitrogens with zero attached hydrogens (tertiary/aromatic N) is 1. The number of amides is 1. The predicted molar refractivity (Wildman–Crippen MR) is 97.9 cm³/mol. The first-order chi connectivity index (χ1) is 12.2. The number of benzene rings is 1. The molecule has 1 aromatic rings. The van der Waals surface area contributed by atoms with Gasteiger partial charge in [-0.3, -0.25) is 9.59 Å². The number of rotatable bonds is 6. The molecule has 2 N–H and O–H groups in total. The zero-order valence-electron chi connectivity index (χ0n) is 14.6. The van der Waals surface area contributed by atoms with Gasteiger partial charge in [-0.2, -0.15) is 4.31 Å². The molecule has 9 heteroatoms. The maximum atomic E-state index is 12.9. The van der Waals surface area contributed by atoms with Crippen LogP contribution in [0.1, 0.15) is 49.4 Å². The molecule has 0 aliphatic carbocycles. The van der Waals surface area contributed by atoms with Crippen molar-refractivity contribution in [2.45, 2.75) is 50.0 Å². The topological polar surface area (TPSA) is 104 Å². The van der Waals surface area contributed by atoms with Crippen LogP contribution in [0.3, 0.4) is 0 Å². The monoisotopic (exact) mass is 402 g/mol. The van der Waals surface area contributed by atoms with Gasteiger partial charge in [-0.25, -0.2) is 8.42 Å². The summed E-state index contributed by atoms with van der Waals surface area (Å²) in [6, 6.07) is 3.47. The van der Waals surface area contributed by atoms with E-state index in [4.69, 9.17) is 16.7 Å². The van der Waals surface area contributed by atoms with Crippen LogP contribution in [-0.2, 0) is 14.8 Å². The molecule has 1 heterocycles. The lowest BCUT2D eigenvalue weighted by Crippen LogP contribution is -2.35. The molecule has 144 valence electrons. The lowest BCUT2D eigenvalue weighted by Gasteiger charge is -2.21. The Morgan fingerprint density at radius 2 is 1.85 bits per heavy atom. The highest BCUT2D eigenvalue weighted by atomic mass is 35.5. The largest absolute Gasteiger partial charge is 0.481 e. The van der Waals surface area contributed by atoms with Gasteiger partial charge in [0, 0.05) is 24.7 Å². The van der Waals surface area contributed by atoms with Crippen molar-refractivity contribution in [1.29, 1.82) is 0 Å². The van der Waals surface area contributed by atoms with Gasteiger partial charge in [-0.05, 0) is 38.0 Å². The number of carboxylic acid groups (broad SMARTS) is 1. The number of hydrogen-bond donors (Lipinski definition) is 2. The molecular weight excluding hydrogens is 380 g/mol. The number of hydrogen-bond acceptors (Lipinski definition) is 4. The van der Waals surface area contributed by atoms with E-state index in [2.05, 4.69) is 5.32 Å². The fourth-order valence-electron chi connectivity index (χ4n) is 2.88. The van der Waals surface area contributed by atoms with Gasteiger partial charge in [-0.1, -0.05) is 24.4 Å². The average molecular weight is 403 g/mol. The molecule has 0 aromatic heterocycles. The van der Waals surface area contributed by atoms with Crippen LogP contribution in [0.5, 0.6) is 0 Å². The van der Waals surface area contributed by atoms with Crippen LogP contribution in [0.25, 0.3) is 0 Å². The molecule has 0 spiro atoms. The summed E-state index contributed by atoms with van der Waals surface area (Å²) in [4.78, 5) is 22.9. The molecule has 1 amide bonds. The van der Waals surface area contributed by atoms with Crippen molar-refractivity contribution in [1.82, 2.24) is 9.62 Å². The van der Waals surface area contributed by atoms with E-state index in [9.17, 15) is 18.0 Å². The molecule has 1 aromatic carbocycles. The average Bonchev–Trinajstić information content (AvgIpc) is 2.83. The zero-order chi connectivity index (χ0) is 19.3. The van der Waals surface area contributed by atoms with Crippen molar-refractivity contribution in [3.8, 4) is 0 Å². The number of nitrogens with one attached hydrogen (secondary N) is 1. The van der Waals surface area contributed by atoms with Crippen molar-refractivity contribution >= 4 is 33.5 Å². The molecule has 0 radical (unpaired) electrons. The Kier molecular flexibility index (Phi) is 7.02. The first kappa shape index (κ1) is 20.7. The van der Waals surface area contributed by atoms with Gasteiger partial charge < -0.3 is 10.4 Å². The smallest absolute Gasteiger partial charge is 0.305 e. The SMILES string of the molecule is C[C@@H](CC(=O)O)NC(=O)c1ccc(Cl)c(S(=O)(=O)N2CCCCCC2)c1. The lowest BCUT2D eigenvalue weighted by atomic mass is 10.2. The Balaban J connectivity index is 2.25. The van der Waals surface area contributed by atoms with E-state index < -0.39 is 27.9 Å². The molecule has 2 rings (SSSR count). The highest BCUT2D eigenvalue weighted by molar-refractivity contribution is 7.89. The summed E-state index contributed by atoms with van der Waals surface area (Å²) in [5, 5.41) is 11.4. The van der Waals surface area contributed by atoms with Crippen LogP contribution in [0, 0.1) is 0 Å². The molecule has 1 aliphatic heterocycles. The van der Waals surface area contributed by atoms with Crippen molar-refractivity contribution in [3.63, 3.8) is 0 Å². The molecule has 26 heavy (non-hydrogen) atoms. The predicted octanol–water partition coefficient (Wildman–Crippen LogP) is 2.50. The van der Waals surface area contributed by atoms with Crippen molar-refractivity contribution in [2.24, 2.45) is 0 Å². The van der Waals surface area contributed by atoms with Gasteiger partial charge in [0.1, 0.15) is 4.90 Å². The number of halogens is 1. The number of carbonyl (C=O) groups is 2. The number of carbonyl (C=O) groups excluding carboxylic acids is 1. The second-order valence-electron chi connectivity index (χ2n) is 6.44. The summed E-state index contributed by atoms with van der Waals surface area (Å²) >= 11 is 6.10. The third-order valence-electron chi connectivity index (χ3n) is 4.23. The molecule has 1 fully saturated rings. The van der Waals surface area contributed by atoms with E-state index in [0.717, 1.165) is 25.7 Å². The fraction of sp³-hybridized carbons (Fsp3) is 0.529. The molecule has 7 nitrogen and oxygen atoms in total. The van der Waals surface area contributed by atoms with E-state index in [1.165, 1.54) is 22.5 Å². The Bertz CT molecular complexity index is 773. The Labute approximate surface area is 158 Å². The summed E-state index contributed by atoms with van der Waals surface area (Å²) in [6.45, 7) is 2.44. The van der Waals surface area contributed by atoms with Gasteiger partial charge in [-0.15, -0.1) is 0 Å². The molecule has 0 bridgehead atoms. The minimum absolute atomic E-state index is 0.0596. The maximum Gasteiger partial charge on any atom is 0.305 e. The fourth-order valence-corrected chi connectivity index (χ4v) is 4.90. The summed E-state index contributed by atoms with van der Waals surface area (Å²) < 4.78 is 27.3. The van der Waals surface area contributed by atoms with E-state index in [1.807, 2.05) is 0 Å². The lowest BCUT2D eigenvalue weighted by molar-refractivity contribution is -0.137. The quantitative estimate of drug-likeness (QED) is 0.760. The van der Waals surface area contributed by atoms with Crippen LogP contribution in [-0.4, -0.2) is 48.8 Å². The van der Waals surface area contributed by atoms with Crippen LogP contribution in [0.15, 0.2) is 23.1 Å². The summed E-state index contributed by atoms with van der Waals surface area (Å²) in [5.74, 6) is -1.57. The molecular formula is C17H23ClN2O5S. The van der Waals surface area contributed by atoms with Crippen LogP contribution in [0.4, 0.5) is 0 Å². The maximum absolute atomic E-state index is 12.9. The molecule has 1 atom stereocenters. The minimum Gasteiger partial charge on any atom is -0.481 e. The number of aliphatic carboxylic acids is 1. The third-order valence-corrected chi connectivity index (χ3v) is 6.61. The van der Waals surface area contributed by atoms with Crippen LogP contribution < -0.4 is 5.32 Å². The van der Waals surface area contributed by atoms with E-state index in [1.54, 1.807) is 6.92 Å². The third kappa shape index (κ3) is 5.18. The summed E-state index contributed by atoms with van der Waals surface area (Å²) in [7, 11) is -3.79. The van der Waals surface area contributed by atoms with Gasteiger partial charge >= 0.3 is 5.97 Å². The van der Waals surface area contributed by atoms with Gasteiger partial charge in [0.25, 0.3) is 5.91 Å². The zero-order valence-corrected chi connectivity index (χ0v) is 16.1. The van der Waals surface area contributed by atoms with Gasteiger partial charge in [0.2, 0.25) is 10.0 Å². The number of carboxylic acids is 1. The first-order valence-corrected chi connectivity index (χ1v) is 10.4. The van der Waals surface area contributed by atoms with Crippen molar-refractivity contribution in [3.05, 3.63) is 28.8 Å². The Hall–Kier alpha value is -1.64. The molecule has 1 aliphatic rings.